The van der Waals surface area contributed by atoms with Gasteiger partial charge in [0.05, 0.1) is 24.4 Å². The highest BCUT2D eigenvalue weighted by molar-refractivity contribution is 7.90. The van der Waals surface area contributed by atoms with Crippen molar-refractivity contribution in [3.05, 3.63) is 29.6 Å². The minimum absolute atomic E-state index is 0. The second kappa shape index (κ2) is 9.53. The van der Waals surface area contributed by atoms with Gasteiger partial charge in [-0.3, -0.25) is 4.79 Å². The van der Waals surface area contributed by atoms with Crippen molar-refractivity contribution < 1.29 is 22.3 Å². The monoisotopic (exact) mass is 408 g/mol. The van der Waals surface area contributed by atoms with E-state index in [4.69, 9.17) is 10.5 Å². The molecule has 0 bridgehead atoms. The van der Waals surface area contributed by atoms with Crippen molar-refractivity contribution in [3.8, 4) is 5.75 Å². The van der Waals surface area contributed by atoms with Crippen molar-refractivity contribution in [3.63, 3.8) is 0 Å². The van der Waals surface area contributed by atoms with E-state index in [1.165, 1.54) is 6.07 Å². The highest BCUT2D eigenvalue weighted by Crippen LogP contribution is 2.30. The van der Waals surface area contributed by atoms with Crippen LogP contribution in [0.15, 0.2) is 18.2 Å². The van der Waals surface area contributed by atoms with Gasteiger partial charge in [0.2, 0.25) is 5.91 Å². The lowest BCUT2D eigenvalue weighted by Crippen LogP contribution is -2.42. The molecule has 1 saturated carbocycles. The van der Waals surface area contributed by atoms with E-state index in [0.717, 1.165) is 19.1 Å². The largest absolute Gasteiger partial charge is 0.490 e. The quantitative estimate of drug-likeness (QED) is 0.651. The lowest BCUT2D eigenvalue weighted by molar-refractivity contribution is -0.123. The molecule has 0 aromatic heterocycles. The Kier molecular flexibility index (Phi) is 8.30. The molecular weight excluding hydrogens is 383 g/mol. The first-order valence-corrected chi connectivity index (χ1v) is 10.4. The molecule has 0 heterocycles. The predicted molar refractivity (Wildman–Crippen MR) is 101 cm³/mol. The molecule has 0 saturated heterocycles. The summed E-state index contributed by atoms with van der Waals surface area (Å²) in [6.45, 7) is 2.23. The minimum Gasteiger partial charge on any atom is -0.490 e. The maximum Gasteiger partial charge on any atom is 0.237 e. The summed E-state index contributed by atoms with van der Waals surface area (Å²) in [4.78, 5) is 12.0. The van der Waals surface area contributed by atoms with Crippen molar-refractivity contribution >= 4 is 28.2 Å². The smallest absolute Gasteiger partial charge is 0.237 e. The zero-order chi connectivity index (χ0) is 18.6. The number of nitrogens with one attached hydrogen (secondary N) is 1. The molecule has 0 aliphatic heterocycles. The van der Waals surface area contributed by atoms with Gasteiger partial charge in [-0.1, -0.05) is 6.07 Å². The number of halogens is 2. The first-order chi connectivity index (χ1) is 11.7. The molecule has 2 unspecified atom stereocenters. The number of carbonyl (C=O) groups excluding carboxylic acids is 1. The van der Waals surface area contributed by atoms with E-state index in [9.17, 15) is 17.6 Å². The molecule has 2 rings (SSSR count). The van der Waals surface area contributed by atoms with Crippen LogP contribution in [-0.2, 0) is 14.6 Å². The molecule has 3 N–H and O–H groups in total. The molecular formula is C17H26ClFN2O4S. The van der Waals surface area contributed by atoms with Crippen LogP contribution in [0.4, 0.5) is 4.39 Å². The highest BCUT2D eigenvalue weighted by Gasteiger charge is 2.23. The third kappa shape index (κ3) is 7.47. The van der Waals surface area contributed by atoms with Gasteiger partial charge in [-0.25, -0.2) is 12.8 Å². The van der Waals surface area contributed by atoms with Gasteiger partial charge in [-0.05, 0) is 49.8 Å². The highest BCUT2D eigenvalue weighted by atomic mass is 35.5. The Bertz CT molecular complexity index is 725. The van der Waals surface area contributed by atoms with Crippen LogP contribution in [0.3, 0.4) is 0 Å². The average molecular weight is 409 g/mol. The first-order valence-electron chi connectivity index (χ1n) is 8.31. The Balaban J connectivity index is 0.00000338. The average Bonchev–Trinajstić information content (AvgIpc) is 3.34. The summed E-state index contributed by atoms with van der Waals surface area (Å²) < 4.78 is 41.8. The van der Waals surface area contributed by atoms with Gasteiger partial charge in [0.15, 0.2) is 11.6 Å². The van der Waals surface area contributed by atoms with Crippen LogP contribution in [0.5, 0.6) is 5.75 Å². The van der Waals surface area contributed by atoms with E-state index in [0.29, 0.717) is 18.1 Å². The Labute approximate surface area is 160 Å². The summed E-state index contributed by atoms with van der Waals surface area (Å²) >= 11 is 0. The minimum atomic E-state index is -3.17. The summed E-state index contributed by atoms with van der Waals surface area (Å²) in [6, 6.07) is 3.19. The Hall–Kier alpha value is -1.38. The molecule has 1 fully saturated rings. The fourth-order valence-electron chi connectivity index (χ4n) is 2.27. The van der Waals surface area contributed by atoms with Crippen molar-refractivity contribution in [2.75, 3.05) is 18.6 Å². The number of hydrogen-bond donors (Lipinski definition) is 2. The van der Waals surface area contributed by atoms with Crippen molar-refractivity contribution in [2.45, 2.75) is 38.3 Å². The number of hydrogen-bond acceptors (Lipinski definition) is 5. The van der Waals surface area contributed by atoms with Gasteiger partial charge >= 0.3 is 0 Å². The van der Waals surface area contributed by atoms with Crippen LogP contribution in [0.25, 0.3) is 0 Å². The third-order valence-corrected chi connectivity index (χ3v) is 5.10. The molecule has 6 nitrogen and oxygen atoms in total. The van der Waals surface area contributed by atoms with E-state index in [1.54, 1.807) is 19.1 Å². The number of rotatable bonds is 9. The summed E-state index contributed by atoms with van der Waals surface area (Å²) in [5.41, 5.74) is 6.29. The molecule has 1 aliphatic rings. The molecule has 1 aromatic carbocycles. The lowest BCUT2D eigenvalue weighted by atomic mass is 10.1. The van der Waals surface area contributed by atoms with Gasteiger partial charge in [-0.15, -0.1) is 12.4 Å². The predicted octanol–water partition coefficient (Wildman–Crippen LogP) is 1.98. The number of amides is 1. The van der Waals surface area contributed by atoms with Crippen molar-refractivity contribution in [1.29, 1.82) is 0 Å². The van der Waals surface area contributed by atoms with Gasteiger partial charge in [-0.2, -0.15) is 0 Å². The van der Waals surface area contributed by atoms with Crippen LogP contribution < -0.4 is 15.8 Å². The SMILES string of the molecule is CC(NC(=O)C(N)CCS(C)(=O)=O)c1ccc(OCC2CC2)c(F)c1.Cl. The topological polar surface area (TPSA) is 98.5 Å². The van der Waals surface area contributed by atoms with Crippen molar-refractivity contribution in [1.82, 2.24) is 5.32 Å². The normalized spacial score (nSPS) is 16.3. The third-order valence-electron chi connectivity index (χ3n) is 4.12. The fraction of sp³-hybridized carbons (Fsp3) is 0.588. The number of ether oxygens (including phenoxy) is 1. The molecule has 148 valence electrons. The number of sulfone groups is 1. The van der Waals surface area contributed by atoms with Gasteiger partial charge < -0.3 is 15.8 Å². The standard InChI is InChI=1S/C17H25FN2O4S.ClH/c1-11(20-17(21)15(19)7-8-25(2,22)23)13-5-6-16(14(18)9-13)24-10-12-3-4-12;/h5-6,9,11-12,15H,3-4,7-8,10,19H2,1-2H3,(H,20,21);1H. The summed E-state index contributed by atoms with van der Waals surface area (Å²) in [7, 11) is -3.17. The number of carbonyl (C=O) groups is 1. The summed E-state index contributed by atoms with van der Waals surface area (Å²) in [5.74, 6) is -0.353. The van der Waals surface area contributed by atoms with Gasteiger partial charge in [0.1, 0.15) is 9.84 Å². The van der Waals surface area contributed by atoms with Crippen LogP contribution in [0.1, 0.15) is 37.8 Å². The molecule has 0 spiro atoms. The second-order valence-electron chi connectivity index (χ2n) is 6.70. The zero-order valence-corrected chi connectivity index (χ0v) is 16.5. The van der Waals surface area contributed by atoms with E-state index in [-0.39, 0.29) is 30.3 Å². The molecule has 26 heavy (non-hydrogen) atoms. The number of benzene rings is 1. The van der Waals surface area contributed by atoms with Crippen molar-refractivity contribution in [2.24, 2.45) is 11.7 Å². The number of nitrogens with two attached hydrogens (primary N) is 1. The molecule has 1 aliphatic carbocycles. The second-order valence-corrected chi connectivity index (χ2v) is 8.96. The van der Waals surface area contributed by atoms with Crippen LogP contribution in [-0.4, -0.2) is 39.0 Å². The van der Waals surface area contributed by atoms with E-state index < -0.39 is 33.6 Å². The van der Waals surface area contributed by atoms with Gasteiger partial charge in [0, 0.05) is 6.26 Å². The molecule has 1 amide bonds. The van der Waals surface area contributed by atoms with Crippen LogP contribution in [0.2, 0.25) is 0 Å². The molecule has 0 radical (unpaired) electrons. The Morgan fingerprint density at radius 2 is 2.08 bits per heavy atom. The lowest BCUT2D eigenvalue weighted by Gasteiger charge is -2.18. The zero-order valence-electron chi connectivity index (χ0n) is 14.9. The summed E-state index contributed by atoms with van der Waals surface area (Å²) in [5, 5.41) is 2.67. The van der Waals surface area contributed by atoms with E-state index in [2.05, 4.69) is 5.32 Å². The fourth-order valence-corrected chi connectivity index (χ4v) is 2.95. The maximum atomic E-state index is 14.1. The van der Waals surface area contributed by atoms with E-state index >= 15 is 0 Å². The Morgan fingerprint density at radius 3 is 2.62 bits per heavy atom. The molecule has 2 atom stereocenters. The van der Waals surface area contributed by atoms with Gasteiger partial charge in [0.25, 0.3) is 0 Å². The van der Waals surface area contributed by atoms with Crippen LogP contribution in [0, 0.1) is 11.7 Å². The maximum absolute atomic E-state index is 14.1. The van der Waals surface area contributed by atoms with Crippen LogP contribution >= 0.6 is 12.4 Å². The Morgan fingerprint density at radius 1 is 1.42 bits per heavy atom. The van der Waals surface area contributed by atoms with E-state index in [1.807, 2.05) is 0 Å². The first kappa shape index (κ1) is 22.7. The molecule has 9 heteroatoms. The summed E-state index contributed by atoms with van der Waals surface area (Å²) in [6.07, 6.45) is 3.39. The molecule has 1 aromatic rings.